The van der Waals surface area contributed by atoms with Gasteiger partial charge in [0, 0.05) is 12.2 Å². The molecular weight excluding hydrogens is 283 g/mol. The van der Waals surface area contributed by atoms with Crippen LogP contribution in [0, 0.1) is 6.92 Å². The van der Waals surface area contributed by atoms with Crippen molar-refractivity contribution in [2.45, 2.75) is 26.7 Å². The zero-order valence-corrected chi connectivity index (χ0v) is 14.0. The van der Waals surface area contributed by atoms with Crippen molar-refractivity contribution >= 4 is 30.5 Å². The van der Waals surface area contributed by atoms with Crippen LogP contribution in [0.2, 0.25) is 0 Å². The summed E-state index contributed by atoms with van der Waals surface area (Å²) in [7, 11) is 4.09. The second-order valence-corrected chi connectivity index (χ2v) is 5.05. The minimum atomic E-state index is 0. The van der Waals surface area contributed by atoms with Gasteiger partial charge in [0.05, 0.1) is 0 Å². The van der Waals surface area contributed by atoms with Crippen LogP contribution in [-0.2, 0) is 0 Å². The normalized spacial score (nSPS) is 10.1. The highest BCUT2D eigenvalue weighted by Gasteiger charge is 2.10. The number of likely N-dealkylation sites (N-methyl/N-ethyl adjacent to an activating group) is 1. The minimum Gasteiger partial charge on any atom is -0.492 e. The first kappa shape index (κ1) is 20.7. The fraction of sp³-hybridized carbons (Fsp3) is 0.571. The van der Waals surface area contributed by atoms with E-state index in [4.69, 9.17) is 10.5 Å². The number of hydrogen-bond acceptors (Lipinski definition) is 3. The van der Waals surface area contributed by atoms with Gasteiger partial charge in [-0.1, -0.05) is 13.8 Å². The Labute approximate surface area is 129 Å². The highest BCUT2D eigenvalue weighted by atomic mass is 35.5. The Bertz CT molecular complexity index is 382. The van der Waals surface area contributed by atoms with Crippen LogP contribution < -0.4 is 10.5 Å². The SMILES string of the molecule is Cc1cc(OCCN(C)C)c(C(C)C)cc1N.Cl.Cl. The zero-order chi connectivity index (χ0) is 13.0. The Morgan fingerprint density at radius 1 is 1.21 bits per heavy atom. The van der Waals surface area contributed by atoms with E-state index in [1.165, 1.54) is 5.56 Å². The number of anilines is 1. The molecule has 0 aliphatic rings. The molecule has 1 aromatic carbocycles. The Kier molecular flexibility index (Phi) is 10.1. The van der Waals surface area contributed by atoms with Gasteiger partial charge in [-0.3, -0.25) is 0 Å². The first-order valence-corrected chi connectivity index (χ1v) is 6.09. The van der Waals surface area contributed by atoms with Crippen LogP contribution in [-0.4, -0.2) is 32.1 Å². The molecule has 3 nitrogen and oxygen atoms in total. The van der Waals surface area contributed by atoms with Crippen LogP contribution in [0.25, 0.3) is 0 Å². The summed E-state index contributed by atoms with van der Waals surface area (Å²) >= 11 is 0. The highest BCUT2D eigenvalue weighted by Crippen LogP contribution is 2.30. The summed E-state index contributed by atoms with van der Waals surface area (Å²) in [5.41, 5.74) is 9.05. The van der Waals surface area contributed by atoms with Gasteiger partial charge in [-0.15, -0.1) is 24.8 Å². The molecule has 19 heavy (non-hydrogen) atoms. The smallest absolute Gasteiger partial charge is 0.123 e. The first-order chi connectivity index (χ1) is 7.91. The van der Waals surface area contributed by atoms with Crippen LogP contribution in [0.3, 0.4) is 0 Å². The lowest BCUT2D eigenvalue weighted by atomic mass is 9.99. The molecule has 0 saturated carbocycles. The summed E-state index contributed by atoms with van der Waals surface area (Å²) in [6.45, 7) is 7.95. The first-order valence-electron chi connectivity index (χ1n) is 6.09. The Morgan fingerprint density at radius 2 is 1.79 bits per heavy atom. The molecule has 0 radical (unpaired) electrons. The van der Waals surface area contributed by atoms with E-state index >= 15 is 0 Å². The zero-order valence-electron chi connectivity index (χ0n) is 12.4. The highest BCUT2D eigenvalue weighted by molar-refractivity contribution is 5.85. The van der Waals surface area contributed by atoms with E-state index in [-0.39, 0.29) is 24.8 Å². The summed E-state index contributed by atoms with van der Waals surface area (Å²) in [5, 5.41) is 0. The molecule has 0 amide bonds. The summed E-state index contributed by atoms with van der Waals surface area (Å²) in [6, 6.07) is 4.07. The van der Waals surface area contributed by atoms with E-state index in [1.807, 2.05) is 33.2 Å². The van der Waals surface area contributed by atoms with Crippen LogP contribution in [0.15, 0.2) is 12.1 Å². The lowest BCUT2D eigenvalue weighted by Crippen LogP contribution is -2.20. The molecule has 1 rings (SSSR count). The molecule has 0 spiro atoms. The van der Waals surface area contributed by atoms with Crippen molar-refractivity contribution in [2.24, 2.45) is 0 Å². The summed E-state index contributed by atoms with van der Waals surface area (Å²) in [5.74, 6) is 1.39. The van der Waals surface area contributed by atoms with Gasteiger partial charge in [0.2, 0.25) is 0 Å². The second kappa shape index (κ2) is 9.29. The Morgan fingerprint density at radius 3 is 2.26 bits per heavy atom. The predicted molar refractivity (Wildman–Crippen MR) is 88.2 cm³/mol. The van der Waals surface area contributed by atoms with Gasteiger partial charge in [-0.2, -0.15) is 0 Å². The Balaban J connectivity index is 0. The van der Waals surface area contributed by atoms with E-state index < -0.39 is 0 Å². The molecule has 0 heterocycles. The second-order valence-electron chi connectivity index (χ2n) is 5.05. The average Bonchev–Trinajstić information content (AvgIpc) is 2.22. The number of halogens is 2. The average molecular weight is 309 g/mol. The number of benzene rings is 1. The van der Waals surface area contributed by atoms with Gasteiger partial charge < -0.3 is 15.4 Å². The molecule has 0 aliphatic heterocycles. The molecule has 5 heteroatoms. The van der Waals surface area contributed by atoms with Crippen molar-refractivity contribution in [1.82, 2.24) is 4.90 Å². The number of aryl methyl sites for hydroxylation is 1. The molecular formula is C14H26Cl2N2O. The number of nitrogens with two attached hydrogens (primary N) is 1. The van der Waals surface area contributed by atoms with Gasteiger partial charge >= 0.3 is 0 Å². The number of nitrogen functional groups attached to an aromatic ring is 1. The van der Waals surface area contributed by atoms with Crippen molar-refractivity contribution in [2.75, 3.05) is 33.0 Å². The van der Waals surface area contributed by atoms with E-state index in [1.54, 1.807) is 0 Å². The maximum atomic E-state index is 5.94. The monoisotopic (exact) mass is 308 g/mol. The number of rotatable bonds is 5. The van der Waals surface area contributed by atoms with Gasteiger partial charge in [0.25, 0.3) is 0 Å². The van der Waals surface area contributed by atoms with E-state index in [9.17, 15) is 0 Å². The maximum absolute atomic E-state index is 5.94. The van der Waals surface area contributed by atoms with E-state index in [0.29, 0.717) is 12.5 Å². The summed E-state index contributed by atoms with van der Waals surface area (Å²) < 4.78 is 5.85. The van der Waals surface area contributed by atoms with Crippen LogP contribution >= 0.6 is 24.8 Å². The predicted octanol–water partition coefficient (Wildman–Crippen LogP) is 3.48. The van der Waals surface area contributed by atoms with Crippen molar-refractivity contribution < 1.29 is 4.74 Å². The third kappa shape index (κ3) is 6.37. The molecule has 112 valence electrons. The number of nitrogens with zero attached hydrogens (tertiary/aromatic N) is 1. The molecule has 0 saturated heterocycles. The summed E-state index contributed by atoms with van der Waals surface area (Å²) in [4.78, 5) is 2.11. The van der Waals surface area contributed by atoms with Crippen molar-refractivity contribution in [3.05, 3.63) is 23.3 Å². The fourth-order valence-corrected chi connectivity index (χ4v) is 1.63. The van der Waals surface area contributed by atoms with Gasteiger partial charge in [-0.05, 0) is 50.2 Å². The van der Waals surface area contributed by atoms with Gasteiger partial charge in [0.15, 0.2) is 0 Å². The largest absolute Gasteiger partial charge is 0.492 e. The third-order valence-corrected chi connectivity index (χ3v) is 2.82. The van der Waals surface area contributed by atoms with Crippen LogP contribution in [0.4, 0.5) is 5.69 Å². The molecule has 0 aliphatic carbocycles. The molecule has 2 N–H and O–H groups in total. The van der Waals surface area contributed by atoms with Gasteiger partial charge in [-0.25, -0.2) is 0 Å². The quantitative estimate of drug-likeness (QED) is 0.846. The Hall–Kier alpha value is -0.640. The van der Waals surface area contributed by atoms with Crippen LogP contribution in [0.5, 0.6) is 5.75 Å². The van der Waals surface area contributed by atoms with E-state index in [2.05, 4.69) is 18.7 Å². The van der Waals surface area contributed by atoms with Gasteiger partial charge in [0.1, 0.15) is 12.4 Å². The van der Waals surface area contributed by atoms with Crippen molar-refractivity contribution in [3.8, 4) is 5.75 Å². The molecule has 0 unspecified atom stereocenters. The molecule has 0 bridgehead atoms. The van der Waals surface area contributed by atoms with Crippen molar-refractivity contribution in [1.29, 1.82) is 0 Å². The molecule has 0 atom stereocenters. The lowest BCUT2D eigenvalue weighted by Gasteiger charge is -2.17. The number of ether oxygens (including phenoxy) is 1. The number of hydrogen-bond donors (Lipinski definition) is 1. The lowest BCUT2D eigenvalue weighted by molar-refractivity contribution is 0.259. The van der Waals surface area contributed by atoms with E-state index in [0.717, 1.165) is 23.5 Å². The van der Waals surface area contributed by atoms with Crippen LogP contribution in [0.1, 0.15) is 30.9 Å². The minimum absolute atomic E-state index is 0. The topological polar surface area (TPSA) is 38.5 Å². The molecule has 0 aromatic heterocycles. The fourth-order valence-electron chi connectivity index (χ4n) is 1.63. The molecule has 0 fully saturated rings. The maximum Gasteiger partial charge on any atom is 0.123 e. The third-order valence-electron chi connectivity index (χ3n) is 2.82. The van der Waals surface area contributed by atoms with Crippen molar-refractivity contribution in [3.63, 3.8) is 0 Å². The standard InChI is InChI=1S/C14H24N2O.2ClH/c1-10(2)12-9-13(15)11(3)8-14(12)17-7-6-16(4)5;;/h8-10H,6-7,15H2,1-5H3;2*1H. The summed E-state index contributed by atoms with van der Waals surface area (Å²) in [6.07, 6.45) is 0. The molecule has 1 aromatic rings.